The van der Waals surface area contributed by atoms with Gasteiger partial charge in [0.25, 0.3) is 0 Å². The summed E-state index contributed by atoms with van der Waals surface area (Å²) in [5, 5.41) is 11.2. The lowest BCUT2D eigenvalue weighted by molar-refractivity contribution is -0.156. The van der Waals surface area contributed by atoms with Crippen LogP contribution in [0.5, 0.6) is 0 Å². The third kappa shape index (κ3) is 21.1. The molecule has 1 rings (SSSR count). The van der Waals surface area contributed by atoms with Crippen LogP contribution >= 0.6 is 0 Å². The lowest BCUT2D eigenvalue weighted by Gasteiger charge is -2.41. The summed E-state index contributed by atoms with van der Waals surface area (Å²) in [6, 6.07) is -11.3. The van der Waals surface area contributed by atoms with Crippen molar-refractivity contribution in [1.82, 2.24) is 55.6 Å². The molecule has 10 atom stereocenters. The van der Waals surface area contributed by atoms with Crippen molar-refractivity contribution in [2.75, 3.05) is 55.9 Å². The molecule has 1 saturated heterocycles. The standard InChI is InChI=1S/C60H109N11O11/c1-25-26-42-56(78)65(18)32-48(72)66(19)43(27-33(2)3)54(76)64-49(38(12)13)59(81)67(20)44(28-34(4)5)52(74)61-40(16)51(73)62-41(17)55(77)69(22)46(30-36(8)9)57(79)70(23)47(31-37(10)11)58(80)71(24)50(39(14)15)60(82)68(21)45(29-35(6)7)53(75)63-42/h33-47,49-50H,25-32H2,1-24H3,(H,61,74)(H,62,73)(H,63,75)(H,64,76)/t40-,41+,42-,43-,44+,45-,46-,47-,49-,50+/m0/s1. The summed E-state index contributed by atoms with van der Waals surface area (Å²) in [4.78, 5) is 168. The SMILES string of the molecule is CCC[C@@H]1NC(=O)[C@H](CC(C)C)N(C)C(=O)[C@@H](C(C)C)N(C)C(=O)[C@H](CC(C)C)N(C)C(=O)[C@H](CC(C)C)N(C)C(=O)[C@@H](C)NC(=O)[C@H](C)NC(=O)[C@@H](CC(C)C)N(C)C(=O)[C@H](C(C)C)NC(=O)[C@H](CC(C)C)N(C)C(=O)CN(C)C1=O. The average Bonchev–Trinajstić information content (AvgIpc) is 3.47. The first-order valence-corrected chi connectivity index (χ1v) is 29.8. The van der Waals surface area contributed by atoms with Gasteiger partial charge in [-0.05, 0) is 93.8 Å². The second-order valence-electron chi connectivity index (χ2n) is 25.9. The van der Waals surface area contributed by atoms with Gasteiger partial charge in [0.1, 0.15) is 60.4 Å². The van der Waals surface area contributed by atoms with E-state index in [2.05, 4.69) is 21.3 Å². The molecule has 11 amide bonds. The minimum Gasteiger partial charge on any atom is -0.343 e. The Morgan fingerprint density at radius 2 is 0.732 bits per heavy atom. The molecule has 1 fully saturated rings. The Morgan fingerprint density at radius 3 is 1.15 bits per heavy atom. The van der Waals surface area contributed by atoms with Gasteiger partial charge in [0.05, 0.1) is 6.54 Å². The van der Waals surface area contributed by atoms with E-state index in [4.69, 9.17) is 0 Å². The van der Waals surface area contributed by atoms with Crippen molar-refractivity contribution < 1.29 is 52.7 Å². The molecule has 0 aromatic rings. The fourth-order valence-corrected chi connectivity index (χ4v) is 10.4. The molecule has 0 aromatic carbocycles. The molecule has 0 spiro atoms. The highest BCUT2D eigenvalue weighted by molar-refractivity contribution is 5.99. The molecule has 0 unspecified atom stereocenters. The van der Waals surface area contributed by atoms with Crippen LogP contribution in [-0.2, 0) is 52.7 Å². The first-order valence-electron chi connectivity index (χ1n) is 29.8. The molecule has 1 aliphatic heterocycles. The molecule has 0 bridgehead atoms. The third-order valence-electron chi connectivity index (χ3n) is 15.4. The van der Waals surface area contributed by atoms with Gasteiger partial charge in [-0.2, -0.15) is 0 Å². The minimum atomic E-state index is -1.21. The van der Waals surface area contributed by atoms with Crippen LogP contribution in [0.25, 0.3) is 0 Å². The Kier molecular flexibility index (Phi) is 30.3. The fourth-order valence-electron chi connectivity index (χ4n) is 10.4. The maximum atomic E-state index is 15.0. The Balaban J connectivity index is 4.23. The minimum absolute atomic E-state index is 0.109. The molecular formula is C60H109N11O11. The van der Waals surface area contributed by atoms with Gasteiger partial charge in [0, 0.05) is 49.3 Å². The zero-order chi connectivity index (χ0) is 63.7. The van der Waals surface area contributed by atoms with E-state index in [1.54, 1.807) is 27.7 Å². The Morgan fingerprint density at radius 1 is 0.378 bits per heavy atom. The number of carbonyl (C=O) groups is 11. The van der Waals surface area contributed by atoms with E-state index >= 15 is 4.79 Å². The van der Waals surface area contributed by atoms with Gasteiger partial charge in [-0.1, -0.05) is 110 Å². The van der Waals surface area contributed by atoms with E-state index in [0.717, 1.165) is 0 Å². The second-order valence-corrected chi connectivity index (χ2v) is 25.9. The third-order valence-corrected chi connectivity index (χ3v) is 15.4. The smallest absolute Gasteiger partial charge is 0.246 e. The van der Waals surface area contributed by atoms with Gasteiger partial charge < -0.3 is 55.6 Å². The van der Waals surface area contributed by atoms with Crippen LogP contribution in [0.4, 0.5) is 0 Å². The number of hydrogen-bond acceptors (Lipinski definition) is 11. The molecule has 22 nitrogen and oxygen atoms in total. The highest BCUT2D eigenvalue weighted by atomic mass is 16.2. The molecule has 22 heteroatoms. The van der Waals surface area contributed by atoms with Crippen molar-refractivity contribution in [1.29, 1.82) is 0 Å². The summed E-state index contributed by atoms with van der Waals surface area (Å²) in [6.45, 7) is 30.2. The number of nitrogens with one attached hydrogen (secondary N) is 4. The van der Waals surface area contributed by atoms with Crippen LogP contribution in [0.2, 0.25) is 0 Å². The zero-order valence-corrected chi connectivity index (χ0v) is 54.6. The number of hydrogen-bond donors (Lipinski definition) is 4. The summed E-state index contributed by atoms with van der Waals surface area (Å²) in [7, 11) is 10.3. The lowest BCUT2D eigenvalue weighted by Crippen LogP contribution is -2.61. The first kappa shape index (κ1) is 74.2. The van der Waals surface area contributed by atoms with Crippen LogP contribution in [0, 0.1) is 41.4 Å². The topological polar surface area (TPSA) is 259 Å². The molecule has 1 heterocycles. The maximum Gasteiger partial charge on any atom is 0.246 e. The van der Waals surface area contributed by atoms with Crippen molar-refractivity contribution in [3.05, 3.63) is 0 Å². The monoisotopic (exact) mass is 1160 g/mol. The average molecular weight is 1160 g/mol. The van der Waals surface area contributed by atoms with Gasteiger partial charge >= 0.3 is 0 Å². The van der Waals surface area contributed by atoms with Crippen LogP contribution in [0.15, 0.2) is 0 Å². The van der Waals surface area contributed by atoms with Crippen LogP contribution in [0.3, 0.4) is 0 Å². The molecular weight excluding hydrogens is 1050 g/mol. The Hall–Kier alpha value is -5.83. The Labute approximate surface area is 492 Å². The van der Waals surface area contributed by atoms with Gasteiger partial charge in [-0.3, -0.25) is 52.7 Å². The zero-order valence-electron chi connectivity index (χ0n) is 54.6. The highest BCUT2D eigenvalue weighted by Crippen LogP contribution is 2.25. The van der Waals surface area contributed by atoms with Gasteiger partial charge in [0.2, 0.25) is 65.0 Å². The van der Waals surface area contributed by atoms with Crippen molar-refractivity contribution in [2.24, 2.45) is 41.4 Å². The molecule has 1 aliphatic rings. The maximum absolute atomic E-state index is 15.0. The fraction of sp³-hybridized carbons (Fsp3) is 0.817. The summed E-state index contributed by atoms with van der Waals surface area (Å²) in [6.07, 6.45) is 1.58. The largest absolute Gasteiger partial charge is 0.343 e. The van der Waals surface area contributed by atoms with E-state index in [1.807, 2.05) is 76.2 Å². The van der Waals surface area contributed by atoms with E-state index in [9.17, 15) is 47.9 Å². The van der Waals surface area contributed by atoms with Crippen LogP contribution in [0.1, 0.15) is 163 Å². The molecule has 82 heavy (non-hydrogen) atoms. The number of amides is 11. The van der Waals surface area contributed by atoms with Crippen LogP contribution < -0.4 is 21.3 Å². The molecule has 470 valence electrons. The van der Waals surface area contributed by atoms with Crippen LogP contribution in [-0.4, -0.2) is 216 Å². The molecule has 0 aliphatic carbocycles. The summed E-state index contributed by atoms with van der Waals surface area (Å²) >= 11 is 0. The predicted molar refractivity (Wildman–Crippen MR) is 318 cm³/mol. The molecule has 4 N–H and O–H groups in total. The van der Waals surface area contributed by atoms with Gasteiger partial charge in [-0.25, -0.2) is 0 Å². The van der Waals surface area contributed by atoms with Crippen molar-refractivity contribution in [3.8, 4) is 0 Å². The quantitative estimate of drug-likeness (QED) is 0.195. The van der Waals surface area contributed by atoms with Gasteiger partial charge in [-0.15, -0.1) is 0 Å². The highest BCUT2D eigenvalue weighted by Gasteiger charge is 2.44. The number of carbonyl (C=O) groups excluding carboxylic acids is 11. The first-order chi connectivity index (χ1) is 37.7. The number of rotatable bonds is 14. The molecule has 0 saturated carbocycles. The predicted octanol–water partition coefficient (Wildman–Crippen LogP) is 3.74. The van der Waals surface area contributed by atoms with E-state index in [-0.39, 0.29) is 68.1 Å². The number of nitrogens with zero attached hydrogens (tertiary/aromatic N) is 7. The van der Waals surface area contributed by atoms with Crippen molar-refractivity contribution in [3.63, 3.8) is 0 Å². The summed E-state index contributed by atoms with van der Waals surface area (Å²) in [5.74, 6) is -8.19. The van der Waals surface area contributed by atoms with E-state index < -0.39 is 144 Å². The van der Waals surface area contributed by atoms with Gasteiger partial charge in [0.15, 0.2) is 0 Å². The van der Waals surface area contributed by atoms with Crippen molar-refractivity contribution in [2.45, 2.75) is 223 Å². The van der Waals surface area contributed by atoms with Crippen molar-refractivity contribution >= 4 is 65.0 Å². The summed E-state index contributed by atoms with van der Waals surface area (Å²) < 4.78 is 0. The number of likely N-dealkylation sites (N-methyl/N-ethyl adjacent to an activating group) is 7. The molecule has 0 radical (unpaired) electrons. The normalized spacial score (nSPS) is 26.6. The summed E-state index contributed by atoms with van der Waals surface area (Å²) in [5.41, 5.74) is 0. The van der Waals surface area contributed by atoms with E-state index in [1.165, 1.54) is 97.5 Å². The lowest BCUT2D eigenvalue weighted by atomic mass is 9.94. The molecule has 0 aromatic heterocycles. The second kappa shape index (κ2) is 33.5. The Bertz CT molecular complexity index is 2200. The van der Waals surface area contributed by atoms with E-state index in [0.29, 0.717) is 6.42 Å².